The molecule has 4 aliphatic heterocycles. The molecule has 4 bridgehead atoms. The van der Waals surface area contributed by atoms with Crippen LogP contribution < -0.4 is 0 Å². The molecule has 0 saturated carbocycles. The number of esters is 2. The van der Waals surface area contributed by atoms with Crippen LogP contribution in [0.2, 0.25) is 0 Å². The maximum Gasteiger partial charge on any atom is 0.321 e. The van der Waals surface area contributed by atoms with Crippen molar-refractivity contribution in [2.75, 3.05) is 27.2 Å². The van der Waals surface area contributed by atoms with Gasteiger partial charge in [0.2, 0.25) is 0 Å². The molecule has 1 aliphatic carbocycles. The number of quaternary nitrogens is 2. The number of carbonyl (C=O) groups excluding carboxylic acids is 2. The summed E-state index contributed by atoms with van der Waals surface area (Å²) in [7, 11) is 4.78. The molecule has 44 heavy (non-hydrogen) atoms. The molecule has 4 heterocycles. The number of fused-ring (bicyclic) bond motifs is 5. The zero-order valence-corrected chi connectivity index (χ0v) is 27.3. The summed E-state index contributed by atoms with van der Waals surface area (Å²) in [4.78, 5) is 28.6. The predicted molar refractivity (Wildman–Crippen MR) is 171 cm³/mol. The molecule has 7 rings (SSSR count). The second-order valence-electron chi connectivity index (χ2n) is 15.1. The first-order valence-corrected chi connectivity index (χ1v) is 17.5. The van der Waals surface area contributed by atoms with E-state index < -0.39 is 5.41 Å². The van der Waals surface area contributed by atoms with Crippen LogP contribution in [0, 0.1) is 0 Å². The number of benzene rings is 2. The summed E-state index contributed by atoms with van der Waals surface area (Å²) in [5.74, 6) is -0.638. The molecule has 0 amide bonds. The Morgan fingerprint density at radius 2 is 1.20 bits per heavy atom. The van der Waals surface area contributed by atoms with E-state index in [2.05, 4.69) is 46.1 Å². The topological polar surface area (TPSA) is 52.6 Å². The van der Waals surface area contributed by atoms with E-state index in [-0.39, 0.29) is 30.1 Å². The number of hydrogen-bond acceptors (Lipinski definition) is 4. The SMILES string of the molecule is CC[N+]1(C)C2CCC1CC(OC(=O)[C@H]1CCC(C(=O)OC3CC4CCC(C3)[N+]4(C)CC)(c3ccccc3)c3ccccc31)C2. The fourth-order valence-electron chi connectivity index (χ4n) is 10.5. The van der Waals surface area contributed by atoms with Crippen molar-refractivity contribution in [1.82, 2.24) is 0 Å². The van der Waals surface area contributed by atoms with Crippen molar-refractivity contribution in [2.24, 2.45) is 0 Å². The monoisotopic (exact) mass is 600 g/mol. The quantitative estimate of drug-likeness (QED) is 0.278. The summed E-state index contributed by atoms with van der Waals surface area (Å²) in [6, 6.07) is 20.5. The van der Waals surface area contributed by atoms with Crippen LogP contribution in [0.5, 0.6) is 0 Å². The lowest BCUT2D eigenvalue weighted by molar-refractivity contribution is -0.947. The van der Waals surface area contributed by atoms with Crippen LogP contribution >= 0.6 is 0 Å². The van der Waals surface area contributed by atoms with E-state index in [1.807, 2.05) is 36.4 Å². The van der Waals surface area contributed by atoms with E-state index >= 15 is 0 Å². The molecule has 4 fully saturated rings. The van der Waals surface area contributed by atoms with Crippen LogP contribution in [0.3, 0.4) is 0 Å². The van der Waals surface area contributed by atoms with E-state index in [0.717, 1.165) is 64.4 Å². The van der Waals surface area contributed by atoms with Crippen LogP contribution in [-0.2, 0) is 24.5 Å². The molecule has 0 spiro atoms. The Morgan fingerprint density at radius 3 is 1.75 bits per heavy atom. The Morgan fingerprint density at radius 1 is 0.705 bits per heavy atom. The van der Waals surface area contributed by atoms with Crippen LogP contribution in [-0.4, -0.2) is 84.5 Å². The van der Waals surface area contributed by atoms with Crippen LogP contribution in [0.25, 0.3) is 0 Å². The van der Waals surface area contributed by atoms with Gasteiger partial charge in [-0.25, -0.2) is 0 Å². The molecule has 2 aromatic rings. The van der Waals surface area contributed by atoms with Crippen LogP contribution in [0.1, 0.15) is 101 Å². The normalized spacial score (nSPS) is 40.7. The third-order valence-corrected chi connectivity index (χ3v) is 13.6. The molecule has 0 aromatic heterocycles. The van der Waals surface area contributed by atoms with Gasteiger partial charge in [0.05, 0.1) is 57.3 Å². The van der Waals surface area contributed by atoms with Gasteiger partial charge < -0.3 is 18.4 Å². The Labute approximate surface area is 263 Å². The number of carbonyl (C=O) groups is 2. The highest BCUT2D eigenvalue weighted by atomic mass is 16.5. The Balaban J connectivity index is 1.15. The third kappa shape index (κ3) is 4.57. The second-order valence-corrected chi connectivity index (χ2v) is 15.1. The van der Waals surface area contributed by atoms with E-state index in [0.29, 0.717) is 37.0 Å². The van der Waals surface area contributed by atoms with Crippen molar-refractivity contribution in [1.29, 1.82) is 0 Å². The molecule has 236 valence electrons. The van der Waals surface area contributed by atoms with Gasteiger partial charge in [0.15, 0.2) is 0 Å². The van der Waals surface area contributed by atoms with Gasteiger partial charge in [-0.3, -0.25) is 9.59 Å². The number of piperidine rings is 2. The summed E-state index contributed by atoms with van der Waals surface area (Å²) >= 11 is 0. The van der Waals surface area contributed by atoms with Gasteiger partial charge in [-0.1, -0.05) is 54.6 Å². The van der Waals surface area contributed by atoms with Crippen molar-refractivity contribution in [3.8, 4) is 0 Å². The van der Waals surface area contributed by atoms with Gasteiger partial charge in [0.1, 0.15) is 17.6 Å². The van der Waals surface area contributed by atoms with E-state index in [1.165, 1.54) is 25.7 Å². The predicted octanol–water partition coefficient (Wildman–Crippen LogP) is 6.26. The Bertz CT molecular complexity index is 1360. The third-order valence-electron chi connectivity index (χ3n) is 13.6. The lowest BCUT2D eigenvalue weighted by Crippen LogP contribution is -2.59. The van der Waals surface area contributed by atoms with Gasteiger partial charge >= 0.3 is 11.9 Å². The van der Waals surface area contributed by atoms with Crippen molar-refractivity contribution >= 4 is 11.9 Å². The lowest BCUT2D eigenvalue weighted by atomic mass is 9.63. The number of nitrogens with zero attached hydrogens (tertiary/aromatic N) is 2. The van der Waals surface area contributed by atoms with E-state index in [1.54, 1.807) is 0 Å². The zero-order valence-electron chi connectivity index (χ0n) is 27.3. The van der Waals surface area contributed by atoms with Gasteiger partial charge in [-0.05, 0) is 43.4 Å². The number of rotatable bonds is 7. The first-order valence-electron chi connectivity index (χ1n) is 17.5. The summed E-state index contributed by atoms with van der Waals surface area (Å²) in [6.07, 6.45) is 9.75. The largest absolute Gasteiger partial charge is 0.461 e. The Hall–Kier alpha value is -2.70. The molecule has 4 saturated heterocycles. The second kappa shape index (κ2) is 11.3. The smallest absolute Gasteiger partial charge is 0.321 e. The van der Waals surface area contributed by atoms with Crippen molar-refractivity contribution < 1.29 is 28.0 Å². The Kier molecular flexibility index (Phi) is 7.68. The molecular formula is C38H52N2O4+2. The zero-order chi connectivity index (χ0) is 30.7. The first-order chi connectivity index (χ1) is 21.2. The summed E-state index contributed by atoms with van der Waals surface area (Å²) in [5.41, 5.74) is 1.86. The highest BCUT2D eigenvalue weighted by molar-refractivity contribution is 5.91. The number of hydrogen-bond donors (Lipinski definition) is 0. The van der Waals surface area contributed by atoms with Crippen molar-refractivity contribution in [2.45, 2.75) is 126 Å². The summed E-state index contributed by atoms with van der Waals surface area (Å²) < 4.78 is 15.2. The molecule has 5 unspecified atom stereocenters. The van der Waals surface area contributed by atoms with E-state index in [4.69, 9.17) is 9.47 Å². The van der Waals surface area contributed by atoms with Crippen LogP contribution in [0.15, 0.2) is 54.6 Å². The maximum absolute atomic E-state index is 14.6. The average Bonchev–Trinajstić information content (AvgIpc) is 3.29. The minimum absolute atomic E-state index is 0.00966. The molecule has 5 aliphatic rings. The van der Waals surface area contributed by atoms with Crippen molar-refractivity contribution in [3.05, 3.63) is 71.3 Å². The summed E-state index contributed by atoms with van der Waals surface area (Å²) in [6.45, 7) is 6.86. The fraction of sp³-hybridized carbons (Fsp3) is 0.632. The molecule has 6 atom stereocenters. The molecule has 0 radical (unpaired) electrons. The highest BCUT2D eigenvalue weighted by Gasteiger charge is 2.55. The summed E-state index contributed by atoms with van der Waals surface area (Å²) in [5, 5.41) is 0. The maximum atomic E-state index is 14.6. The van der Waals surface area contributed by atoms with Crippen LogP contribution in [0.4, 0.5) is 0 Å². The average molecular weight is 601 g/mol. The van der Waals surface area contributed by atoms with Gasteiger partial charge in [-0.2, -0.15) is 0 Å². The standard InChI is InChI=1S/C38H52N2O4/c1-5-39(3)27-16-17-28(39)23-31(22-27)43-36(41)34-20-21-38(26-12-8-7-9-13-26,35-15-11-10-14-33(34)35)37(42)44-32-24-29-18-19-30(25-32)40(29,4)6-2/h7-15,27-32,34H,5-6,16-25H2,1-4H3/q+2/t27?,28?,29?,30?,31?,32?,34-,38?,39?,40?/m0/s1. The highest BCUT2D eigenvalue weighted by Crippen LogP contribution is 2.50. The van der Waals surface area contributed by atoms with Gasteiger partial charge in [0.25, 0.3) is 0 Å². The molecule has 6 nitrogen and oxygen atoms in total. The van der Waals surface area contributed by atoms with E-state index in [9.17, 15) is 9.59 Å². The van der Waals surface area contributed by atoms with Gasteiger partial charge in [0, 0.05) is 51.4 Å². The van der Waals surface area contributed by atoms with Gasteiger partial charge in [-0.15, -0.1) is 0 Å². The number of ether oxygens (including phenoxy) is 2. The molecular weight excluding hydrogens is 548 g/mol. The molecule has 0 N–H and O–H groups in total. The first kappa shape index (κ1) is 30.0. The van der Waals surface area contributed by atoms with Crippen molar-refractivity contribution in [3.63, 3.8) is 0 Å². The minimum Gasteiger partial charge on any atom is -0.461 e. The lowest BCUT2D eigenvalue weighted by Gasteiger charge is -2.47. The molecule has 6 heteroatoms. The fourth-order valence-corrected chi connectivity index (χ4v) is 10.5. The minimum atomic E-state index is -0.932. The molecule has 2 aromatic carbocycles.